The molecule has 0 aliphatic carbocycles. The molecule has 0 aliphatic rings. The number of carbonyl (C=O) groups excluding carboxylic acids is 1. The van der Waals surface area contributed by atoms with E-state index in [0.29, 0.717) is 4.48 Å². The van der Waals surface area contributed by atoms with Gasteiger partial charge in [0.25, 0.3) is 0 Å². The van der Waals surface area contributed by atoms with Gasteiger partial charge in [-0.1, -0.05) is 29.1 Å². The van der Waals surface area contributed by atoms with Gasteiger partial charge in [-0.3, -0.25) is 0 Å². The number of nitriles is 1. The molecule has 0 amide bonds. The van der Waals surface area contributed by atoms with Crippen molar-refractivity contribution >= 4 is 21.9 Å². The Balaban J connectivity index is 4.95. The fraction of sp³-hybridized carbons (Fsp3) is 0.111. The third-order valence-corrected chi connectivity index (χ3v) is 1.59. The molecule has 3 nitrogen and oxygen atoms in total. The van der Waals surface area contributed by atoms with Gasteiger partial charge in [0, 0.05) is 10.1 Å². The van der Waals surface area contributed by atoms with Crippen molar-refractivity contribution in [2.45, 2.75) is 0 Å². The molecule has 0 rings (SSSR count). The molecule has 0 N–H and O–H groups in total. The fourth-order valence-corrected chi connectivity index (χ4v) is 0.841. The van der Waals surface area contributed by atoms with Crippen LogP contribution in [0, 0.1) is 11.3 Å². The van der Waals surface area contributed by atoms with Gasteiger partial charge in [0.1, 0.15) is 0 Å². The minimum absolute atomic E-state index is 0.168. The molecule has 0 aliphatic heterocycles. The second-order valence-electron chi connectivity index (χ2n) is 2.09. The highest BCUT2D eigenvalue weighted by atomic mass is 79.9. The Morgan fingerprint density at radius 1 is 1.62 bits per heavy atom. The van der Waals surface area contributed by atoms with Gasteiger partial charge in [-0.25, -0.2) is 4.79 Å². The Morgan fingerprint density at radius 3 is 2.46 bits per heavy atom. The number of esters is 1. The van der Waals surface area contributed by atoms with Crippen LogP contribution in [0.3, 0.4) is 0 Å². The number of halogens is 1. The van der Waals surface area contributed by atoms with Crippen LogP contribution in [0.5, 0.6) is 0 Å². The summed E-state index contributed by atoms with van der Waals surface area (Å²) in [6.45, 7) is 6.91. The molecule has 0 spiro atoms. The predicted octanol–water partition coefficient (Wildman–Crippen LogP) is 2.07. The maximum atomic E-state index is 11.1. The van der Waals surface area contributed by atoms with Crippen LogP contribution in [0.15, 0.2) is 34.9 Å². The van der Waals surface area contributed by atoms with Crippen LogP contribution in [0.2, 0.25) is 0 Å². The van der Waals surface area contributed by atoms with Crippen LogP contribution >= 0.6 is 15.9 Å². The van der Waals surface area contributed by atoms with Crippen molar-refractivity contribution in [3.63, 3.8) is 0 Å². The lowest BCUT2D eigenvalue weighted by molar-refractivity contribution is -0.135. The average Bonchev–Trinajstić information content (AvgIpc) is 2.11. The van der Waals surface area contributed by atoms with E-state index >= 15 is 0 Å². The molecule has 0 aromatic carbocycles. The van der Waals surface area contributed by atoms with Gasteiger partial charge < -0.3 is 4.74 Å². The maximum absolute atomic E-state index is 11.1. The second-order valence-corrected chi connectivity index (χ2v) is 3.05. The number of methoxy groups -OCH3 is 1. The van der Waals surface area contributed by atoms with Crippen LogP contribution in [0.25, 0.3) is 0 Å². The van der Waals surface area contributed by atoms with Crippen molar-refractivity contribution in [2.24, 2.45) is 0 Å². The van der Waals surface area contributed by atoms with Crippen molar-refractivity contribution in [3.05, 3.63) is 34.9 Å². The van der Waals surface area contributed by atoms with E-state index in [1.165, 1.54) is 13.2 Å². The van der Waals surface area contributed by atoms with Gasteiger partial charge in [0.15, 0.2) is 0 Å². The molecule has 0 bridgehead atoms. The summed E-state index contributed by atoms with van der Waals surface area (Å²) in [7, 11) is 1.25. The summed E-state index contributed by atoms with van der Waals surface area (Å²) in [5.41, 5.74) is 0.357. The summed E-state index contributed by atoms with van der Waals surface area (Å²) in [6, 6.07) is 1.79. The van der Waals surface area contributed by atoms with Gasteiger partial charge in [0.05, 0.1) is 18.8 Å². The number of hydrogen-bond donors (Lipinski definition) is 0. The van der Waals surface area contributed by atoms with E-state index in [1.807, 2.05) is 0 Å². The monoisotopic (exact) mass is 241 g/mol. The van der Waals surface area contributed by atoms with E-state index in [1.54, 1.807) is 6.07 Å². The van der Waals surface area contributed by atoms with Gasteiger partial charge in [-0.2, -0.15) is 5.26 Å². The number of allylic oxidation sites excluding steroid dienone is 2. The van der Waals surface area contributed by atoms with Gasteiger partial charge in [-0.15, -0.1) is 0 Å². The third kappa shape index (κ3) is 3.72. The van der Waals surface area contributed by atoms with E-state index in [4.69, 9.17) is 5.26 Å². The van der Waals surface area contributed by atoms with Crippen molar-refractivity contribution in [3.8, 4) is 6.07 Å². The van der Waals surface area contributed by atoms with E-state index in [9.17, 15) is 4.79 Å². The third-order valence-electron chi connectivity index (χ3n) is 1.16. The first kappa shape index (κ1) is 11.7. The first-order valence-electron chi connectivity index (χ1n) is 3.26. The highest BCUT2D eigenvalue weighted by Gasteiger charge is 2.11. The van der Waals surface area contributed by atoms with E-state index in [0.717, 1.165) is 0 Å². The summed E-state index contributed by atoms with van der Waals surface area (Å²) in [5.74, 6) is -0.557. The van der Waals surface area contributed by atoms with Crippen molar-refractivity contribution in [1.82, 2.24) is 0 Å². The molecule has 4 heteroatoms. The topological polar surface area (TPSA) is 50.1 Å². The molecular weight excluding hydrogens is 234 g/mol. The molecule has 13 heavy (non-hydrogen) atoms. The molecule has 0 fully saturated rings. The molecule has 0 aromatic heterocycles. The smallest absolute Gasteiger partial charge is 0.339 e. The quantitative estimate of drug-likeness (QED) is 0.329. The van der Waals surface area contributed by atoms with Crippen LogP contribution in [0.1, 0.15) is 0 Å². The Morgan fingerprint density at radius 2 is 2.15 bits per heavy atom. The fourth-order valence-electron chi connectivity index (χ4n) is 0.564. The average molecular weight is 242 g/mol. The van der Waals surface area contributed by atoms with Crippen molar-refractivity contribution in [2.75, 3.05) is 7.11 Å². The lowest BCUT2D eigenvalue weighted by atomic mass is 10.2. The number of nitrogens with zero attached hydrogens (tertiary/aromatic N) is 1. The minimum Gasteiger partial charge on any atom is -0.465 e. The Kier molecular flexibility index (Phi) is 4.78. The second kappa shape index (κ2) is 5.33. The molecule has 0 heterocycles. The summed E-state index contributed by atoms with van der Waals surface area (Å²) < 4.78 is 4.83. The standard InChI is InChI=1S/C9H8BrNO2/c1-6(5-11)4-8(7(2)10)9(12)13-3/h4H,1-2H2,3H3/b8-4+. The van der Waals surface area contributed by atoms with Gasteiger partial charge >= 0.3 is 5.97 Å². The summed E-state index contributed by atoms with van der Waals surface area (Å²) in [4.78, 5) is 11.1. The molecular formula is C9H8BrNO2. The summed E-state index contributed by atoms with van der Waals surface area (Å²) in [5, 5.41) is 8.43. The zero-order chi connectivity index (χ0) is 10.4. The molecule has 0 atom stereocenters. The Labute approximate surface area is 85.1 Å². The molecule has 68 valence electrons. The Hall–Kier alpha value is -1.34. The molecule has 0 radical (unpaired) electrons. The molecule has 0 saturated heterocycles. The SMILES string of the molecule is C=C(C#N)/C=C(\C(=C)Br)C(=O)OC. The highest BCUT2D eigenvalue weighted by Crippen LogP contribution is 2.17. The van der Waals surface area contributed by atoms with Crippen LogP contribution < -0.4 is 0 Å². The number of carbonyl (C=O) groups is 1. The summed E-state index contributed by atoms with van der Waals surface area (Å²) in [6.07, 6.45) is 1.31. The first-order chi connectivity index (χ1) is 6.02. The molecule has 0 saturated carbocycles. The van der Waals surface area contributed by atoms with Crippen LogP contribution in [-0.2, 0) is 9.53 Å². The van der Waals surface area contributed by atoms with E-state index < -0.39 is 5.97 Å². The van der Waals surface area contributed by atoms with Crippen LogP contribution in [-0.4, -0.2) is 13.1 Å². The van der Waals surface area contributed by atoms with Crippen molar-refractivity contribution < 1.29 is 9.53 Å². The zero-order valence-electron chi connectivity index (χ0n) is 7.13. The zero-order valence-corrected chi connectivity index (χ0v) is 8.72. The van der Waals surface area contributed by atoms with E-state index in [-0.39, 0.29) is 11.1 Å². The maximum Gasteiger partial charge on any atom is 0.339 e. The largest absolute Gasteiger partial charge is 0.465 e. The highest BCUT2D eigenvalue weighted by molar-refractivity contribution is 9.12. The van der Waals surface area contributed by atoms with Crippen molar-refractivity contribution in [1.29, 1.82) is 5.26 Å². The summed E-state index contributed by atoms with van der Waals surface area (Å²) >= 11 is 3.03. The number of hydrogen-bond acceptors (Lipinski definition) is 3. The lowest BCUT2D eigenvalue weighted by Gasteiger charge is -2.01. The predicted molar refractivity (Wildman–Crippen MR) is 52.9 cm³/mol. The van der Waals surface area contributed by atoms with Gasteiger partial charge in [-0.05, 0) is 6.08 Å². The normalized spacial score (nSPS) is 10.1. The Bertz CT molecular complexity index is 323. The molecule has 0 aromatic rings. The first-order valence-corrected chi connectivity index (χ1v) is 4.06. The van der Waals surface area contributed by atoms with Gasteiger partial charge in [0.2, 0.25) is 0 Å². The molecule has 0 unspecified atom stereocenters. The van der Waals surface area contributed by atoms with E-state index in [2.05, 4.69) is 33.8 Å². The number of rotatable bonds is 3. The minimum atomic E-state index is -0.557. The lowest BCUT2D eigenvalue weighted by Crippen LogP contribution is -2.04. The van der Waals surface area contributed by atoms with Crippen LogP contribution in [0.4, 0.5) is 0 Å². The number of ether oxygens (including phenoxy) is 1.